The third-order valence-corrected chi connectivity index (χ3v) is 4.05. The lowest BCUT2D eigenvalue weighted by Gasteiger charge is -2.29. The Morgan fingerprint density at radius 1 is 1.25 bits per heavy atom. The summed E-state index contributed by atoms with van der Waals surface area (Å²) in [7, 11) is 1.71. The third kappa shape index (κ3) is 3.87. The highest BCUT2D eigenvalue weighted by atomic mass is 35.5. The second kappa shape index (κ2) is 7.87. The summed E-state index contributed by atoms with van der Waals surface area (Å²) in [5.74, 6) is 1.90. The van der Waals surface area contributed by atoms with Crippen LogP contribution in [0.1, 0.15) is 49.8 Å². The van der Waals surface area contributed by atoms with E-state index in [4.69, 9.17) is 15.2 Å². The fraction of sp³-hybridized carbons (Fsp3) is 0.625. The zero-order valence-corrected chi connectivity index (χ0v) is 13.4. The van der Waals surface area contributed by atoms with Crippen molar-refractivity contribution in [1.29, 1.82) is 0 Å². The number of nitrogens with two attached hydrogens (primary N) is 1. The van der Waals surface area contributed by atoms with Crippen molar-refractivity contribution < 1.29 is 9.47 Å². The summed E-state index contributed by atoms with van der Waals surface area (Å²) < 4.78 is 10.9. The number of halogens is 1. The van der Waals surface area contributed by atoms with Crippen LogP contribution >= 0.6 is 12.4 Å². The molecule has 0 aromatic heterocycles. The van der Waals surface area contributed by atoms with Crippen LogP contribution in [0.5, 0.6) is 5.75 Å². The van der Waals surface area contributed by atoms with Crippen molar-refractivity contribution in [1.82, 2.24) is 0 Å². The van der Waals surface area contributed by atoms with Crippen molar-refractivity contribution in [2.45, 2.75) is 38.6 Å². The Hall–Kier alpha value is -0.770. The Bertz CT molecular complexity index is 417. The van der Waals surface area contributed by atoms with Gasteiger partial charge in [0.2, 0.25) is 0 Å². The number of rotatable bonds is 4. The monoisotopic (exact) mass is 299 g/mol. The maximum absolute atomic E-state index is 6.48. The Morgan fingerprint density at radius 3 is 2.45 bits per heavy atom. The molecule has 1 atom stereocenters. The summed E-state index contributed by atoms with van der Waals surface area (Å²) in [5, 5.41) is 0. The zero-order chi connectivity index (χ0) is 13.8. The SMILES string of the molecule is COc1ccc(C(C)C)cc1[C@H](N)C1CCOCC1.Cl. The molecule has 0 aliphatic carbocycles. The number of hydrogen-bond donors (Lipinski definition) is 1. The minimum atomic E-state index is 0. The fourth-order valence-electron chi connectivity index (χ4n) is 2.70. The molecule has 0 saturated carbocycles. The minimum absolute atomic E-state index is 0. The quantitative estimate of drug-likeness (QED) is 0.922. The van der Waals surface area contributed by atoms with E-state index >= 15 is 0 Å². The maximum atomic E-state index is 6.48. The van der Waals surface area contributed by atoms with Crippen molar-refractivity contribution in [2.75, 3.05) is 20.3 Å². The van der Waals surface area contributed by atoms with E-state index in [1.54, 1.807) is 7.11 Å². The normalized spacial score (nSPS) is 17.6. The summed E-state index contributed by atoms with van der Waals surface area (Å²) in [5.41, 5.74) is 8.94. The lowest BCUT2D eigenvalue weighted by molar-refractivity contribution is 0.0581. The summed E-state index contributed by atoms with van der Waals surface area (Å²) >= 11 is 0. The van der Waals surface area contributed by atoms with Gasteiger partial charge in [0.25, 0.3) is 0 Å². The van der Waals surface area contributed by atoms with Crippen molar-refractivity contribution in [3.8, 4) is 5.75 Å². The smallest absolute Gasteiger partial charge is 0.123 e. The van der Waals surface area contributed by atoms with Crippen LogP contribution in [0, 0.1) is 5.92 Å². The van der Waals surface area contributed by atoms with Gasteiger partial charge in [0.1, 0.15) is 5.75 Å². The average Bonchev–Trinajstić information content (AvgIpc) is 2.46. The lowest BCUT2D eigenvalue weighted by atomic mass is 9.86. The molecule has 1 aromatic rings. The summed E-state index contributed by atoms with van der Waals surface area (Å²) in [6, 6.07) is 6.43. The number of methoxy groups -OCH3 is 1. The van der Waals surface area contributed by atoms with E-state index in [2.05, 4.69) is 26.0 Å². The molecule has 3 nitrogen and oxygen atoms in total. The van der Waals surface area contributed by atoms with Crippen molar-refractivity contribution in [3.05, 3.63) is 29.3 Å². The van der Waals surface area contributed by atoms with Gasteiger partial charge in [-0.25, -0.2) is 0 Å². The van der Waals surface area contributed by atoms with E-state index in [0.29, 0.717) is 11.8 Å². The van der Waals surface area contributed by atoms with E-state index < -0.39 is 0 Å². The Labute approximate surface area is 128 Å². The molecule has 1 aliphatic rings. The second-order valence-electron chi connectivity index (χ2n) is 5.63. The predicted molar refractivity (Wildman–Crippen MR) is 84.8 cm³/mol. The number of benzene rings is 1. The molecule has 1 saturated heterocycles. The van der Waals surface area contributed by atoms with Crippen LogP contribution in [0.3, 0.4) is 0 Å². The van der Waals surface area contributed by atoms with E-state index in [1.807, 2.05) is 6.07 Å². The van der Waals surface area contributed by atoms with Crippen LogP contribution in [-0.4, -0.2) is 20.3 Å². The van der Waals surface area contributed by atoms with E-state index in [1.165, 1.54) is 5.56 Å². The maximum Gasteiger partial charge on any atom is 0.123 e. The van der Waals surface area contributed by atoms with Crippen LogP contribution in [-0.2, 0) is 4.74 Å². The molecule has 4 heteroatoms. The molecule has 0 amide bonds. The Kier molecular flexibility index (Phi) is 6.80. The third-order valence-electron chi connectivity index (χ3n) is 4.05. The molecule has 1 fully saturated rings. The molecule has 0 bridgehead atoms. The standard InChI is InChI=1S/C16H25NO2.ClH/c1-11(2)13-4-5-15(18-3)14(10-13)16(17)12-6-8-19-9-7-12;/h4-5,10-12,16H,6-9,17H2,1-3H3;1H/t16-;/m1./s1. The first-order chi connectivity index (χ1) is 9.13. The van der Waals surface area contributed by atoms with Crippen LogP contribution < -0.4 is 10.5 Å². The van der Waals surface area contributed by atoms with Gasteiger partial charge in [-0.15, -0.1) is 12.4 Å². The predicted octanol–water partition coefficient (Wildman–Crippen LogP) is 3.67. The van der Waals surface area contributed by atoms with Gasteiger partial charge >= 0.3 is 0 Å². The first-order valence-corrected chi connectivity index (χ1v) is 7.14. The van der Waals surface area contributed by atoms with Crippen LogP contribution in [0.4, 0.5) is 0 Å². The molecule has 2 rings (SSSR count). The van der Waals surface area contributed by atoms with Crippen LogP contribution in [0.2, 0.25) is 0 Å². The largest absolute Gasteiger partial charge is 0.496 e. The Morgan fingerprint density at radius 2 is 1.90 bits per heavy atom. The van der Waals surface area contributed by atoms with Gasteiger partial charge in [-0.3, -0.25) is 0 Å². The van der Waals surface area contributed by atoms with E-state index in [-0.39, 0.29) is 18.4 Å². The molecular weight excluding hydrogens is 274 g/mol. The molecule has 1 aliphatic heterocycles. The minimum Gasteiger partial charge on any atom is -0.496 e. The lowest BCUT2D eigenvalue weighted by Crippen LogP contribution is -2.27. The highest BCUT2D eigenvalue weighted by Gasteiger charge is 2.25. The summed E-state index contributed by atoms with van der Waals surface area (Å²) in [4.78, 5) is 0. The first kappa shape index (κ1) is 17.3. The molecule has 0 spiro atoms. The molecule has 1 heterocycles. The molecule has 1 aromatic carbocycles. The van der Waals surface area contributed by atoms with Gasteiger partial charge in [0.05, 0.1) is 7.11 Å². The van der Waals surface area contributed by atoms with Gasteiger partial charge in [0, 0.05) is 24.8 Å². The average molecular weight is 300 g/mol. The van der Waals surface area contributed by atoms with Crippen molar-refractivity contribution in [3.63, 3.8) is 0 Å². The summed E-state index contributed by atoms with van der Waals surface area (Å²) in [6.07, 6.45) is 2.08. The van der Waals surface area contributed by atoms with Crippen LogP contribution in [0.15, 0.2) is 18.2 Å². The molecular formula is C16H26ClNO2. The molecule has 0 unspecified atom stereocenters. The van der Waals surface area contributed by atoms with E-state index in [0.717, 1.165) is 37.4 Å². The number of hydrogen-bond acceptors (Lipinski definition) is 3. The fourth-order valence-corrected chi connectivity index (χ4v) is 2.70. The molecule has 114 valence electrons. The highest BCUT2D eigenvalue weighted by Crippen LogP contribution is 2.35. The van der Waals surface area contributed by atoms with Gasteiger partial charge in [0.15, 0.2) is 0 Å². The molecule has 2 N–H and O–H groups in total. The van der Waals surface area contributed by atoms with Crippen molar-refractivity contribution in [2.24, 2.45) is 11.7 Å². The van der Waals surface area contributed by atoms with Crippen molar-refractivity contribution >= 4 is 12.4 Å². The van der Waals surface area contributed by atoms with Crippen LogP contribution in [0.25, 0.3) is 0 Å². The number of ether oxygens (including phenoxy) is 2. The highest BCUT2D eigenvalue weighted by molar-refractivity contribution is 5.85. The van der Waals surface area contributed by atoms with Gasteiger partial charge in [-0.1, -0.05) is 26.0 Å². The topological polar surface area (TPSA) is 44.5 Å². The van der Waals surface area contributed by atoms with Gasteiger partial charge in [-0.05, 0) is 36.3 Å². The van der Waals surface area contributed by atoms with E-state index in [9.17, 15) is 0 Å². The van der Waals surface area contributed by atoms with Gasteiger partial charge in [-0.2, -0.15) is 0 Å². The summed E-state index contributed by atoms with van der Waals surface area (Å²) in [6.45, 7) is 6.05. The zero-order valence-electron chi connectivity index (χ0n) is 12.6. The molecule has 0 radical (unpaired) electrons. The first-order valence-electron chi connectivity index (χ1n) is 7.14. The molecule has 20 heavy (non-hydrogen) atoms. The second-order valence-corrected chi connectivity index (χ2v) is 5.63. The van der Waals surface area contributed by atoms with Gasteiger partial charge < -0.3 is 15.2 Å². The Balaban J connectivity index is 0.00000200.